The first-order valence-electron chi connectivity index (χ1n) is 7.84. The first kappa shape index (κ1) is 21.7. The molecule has 7 nitrogen and oxygen atoms in total. The van der Waals surface area contributed by atoms with Gasteiger partial charge in [0.25, 0.3) is 0 Å². The molecule has 1 aromatic heterocycles. The molecule has 148 valence electrons. The van der Waals surface area contributed by atoms with Crippen LogP contribution in [0, 0.1) is 5.82 Å². The zero-order valence-corrected chi connectivity index (χ0v) is 16.8. The standard InChI is InChI=1S/C16H18FN3O4S2.ClH/c1-25(21,22)16-6-5-14(10-19-16)26(23,24)20-8-7-18-11-15(20)12-3-2-4-13(17)9-12;/h2-6,9-10,15,18H,7-8,11H2,1H3;1H. The van der Waals surface area contributed by atoms with Gasteiger partial charge in [0, 0.05) is 32.1 Å². The number of piperazine rings is 1. The molecule has 1 saturated heterocycles. The normalized spacial score (nSPS) is 18.7. The number of hydrogen-bond donors (Lipinski definition) is 1. The van der Waals surface area contributed by atoms with E-state index in [0.29, 0.717) is 18.7 Å². The van der Waals surface area contributed by atoms with Gasteiger partial charge in [-0.05, 0) is 29.8 Å². The highest BCUT2D eigenvalue weighted by molar-refractivity contribution is 7.90. The van der Waals surface area contributed by atoms with Crippen molar-refractivity contribution >= 4 is 32.3 Å². The highest BCUT2D eigenvalue weighted by atomic mass is 35.5. The first-order valence-corrected chi connectivity index (χ1v) is 11.2. The van der Waals surface area contributed by atoms with Crippen molar-refractivity contribution in [2.75, 3.05) is 25.9 Å². The van der Waals surface area contributed by atoms with Crippen LogP contribution in [0.3, 0.4) is 0 Å². The van der Waals surface area contributed by atoms with Crippen LogP contribution in [-0.4, -0.2) is 52.0 Å². The molecule has 1 aliphatic heterocycles. The number of nitrogens with one attached hydrogen (secondary N) is 1. The van der Waals surface area contributed by atoms with Gasteiger partial charge < -0.3 is 5.32 Å². The van der Waals surface area contributed by atoms with Crippen molar-refractivity contribution in [2.24, 2.45) is 0 Å². The summed E-state index contributed by atoms with van der Waals surface area (Å²) in [4.78, 5) is 3.65. The third-order valence-corrected chi connectivity index (χ3v) is 7.02. The van der Waals surface area contributed by atoms with E-state index < -0.39 is 31.7 Å². The van der Waals surface area contributed by atoms with Crippen LogP contribution in [0.25, 0.3) is 0 Å². The van der Waals surface area contributed by atoms with E-state index in [4.69, 9.17) is 0 Å². The Morgan fingerprint density at radius 3 is 2.52 bits per heavy atom. The highest BCUT2D eigenvalue weighted by Gasteiger charge is 2.34. The van der Waals surface area contributed by atoms with Crippen molar-refractivity contribution in [2.45, 2.75) is 16.0 Å². The van der Waals surface area contributed by atoms with Crippen LogP contribution in [-0.2, 0) is 19.9 Å². The van der Waals surface area contributed by atoms with Crippen LogP contribution in [0.1, 0.15) is 11.6 Å². The molecule has 0 radical (unpaired) electrons. The molecule has 1 N–H and O–H groups in total. The molecule has 2 aromatic rings. The summed E-state index contributed by atoms with van der Waals surface area (Å²) in [6.07, 6.45) is 2.04. The molecule has 2 heterocycles. The van der Waals surface area contributed by atoms with E-state index in [9.17, 15) is 21.2 Å². The molecule has 0 amide bonds. The Morgan fingerprint density at radius 2 is 1.93 bits per heavy atom. The summed E-state index contributed by atoms with van der Waals surface area (Å²) in [6, 6.07) is 7.64. The van der Waals surface area contributed by atoms with Crippen molar-refractivity contribution in [3.63, 3.8) is 0 Å². The summed E-state index contributed by atoms with van der Waals surface area (Å²) in [5.74, 6) is -0.440. The molecular formula is C16H19ClFN3O4S2. The lowest BCUT2D eigenvalue weighted by molar-refractivity contribution is 0.271. The highest BCUT2D eigenvalue weighted by Crippen LogP contribution is 2.29. The van der Waals surface area contributed by atoms with Crippen LogP contribution in [0.5, 0.6) is 0 Å². The predicted octanol–water partition coefficient (Wildman–Crippen LogP) is 1.38. The maximum Gasteiger partial charge on any atom is 0.245 e. The summed E-state index contributed by atoms with van der Waals surface area (Å²) in [5, 5.41) is 2.92. The quantitative estimate of drug-likeness (QED) is 0.779. The monoisotopic (exact) mass is 435 g/mol. The number of benzene rings is 1. The fourth-order valence-electron chi connectivity index (χ4n) is 2.85. The van der Waals surface area contributed by atoms with Gasteiger partial charge >= 0.3 is 0 Å². The molecule has 0 aliphatic carbocycles. The van der Waals surface area contributed by atoms with Gasteiger partial charge in [0.2, 0.25) is 10.0 Å². The van der Waals surface area contributed by atoms with E-state index in [-0.39, 0.29) is 28.9 Å². The van der Waals surface area contributed by atoms with Crippen molar-refractivity contribution < 1.29 is 21.2 Å². The fraction of sp³-hybridized carbons (Fsp3) is 0.312. The van der Waals surface area contributed by atoms with E-state index in [0.717, 1.165) is 12.5 Å². The van der Waals surface area contributed by atoms with Gasteiger partial charge in [0.1, 0.15) is 10.7 Å². The summed E-state index contributed by atoms with van der Waals surface area (Å²) in [7, 11) is -7.44. The number of sulfonamides is 1. The van der Waals surface area contributed by atoms with Crippen LogP contribution < -0.4 is 5.32 Å². The van der Waals surface area contributed by atoms with Gasteiger partial charge in [-0.1, -0.05) is 12.1 Å². The minimum absolute atomic E-state index is 0. The molecule has 27 heavy (non-hydrogen) atoms. The summed E-state index contributed by atoms with van der Waals surface area (Å²) < 4.78 is 63.9. The maximum atomic E-state index is 13.6. The average Bonchev–Trinajstić information content (AvgIpc) is 2.61. The summed E-state index contributed by atoms with van der Waals surface area (Å²) in [6.45, 7) is 1.01. The molecule has 11 heteroatoms. The molecule has 1 fully saturated rings. The Bertz CT molecular complexity index is 1010. The van der Waals surface area contributed by atoms with Crippen molar-refractivity contribution in [3.05, 3.63) is 54.0 Å². The number of rotatable bonds is 4. The SMILES string of the molecule is CS(=O)(=O)c1ccc(S(=O)(=O)N2CCNCC2c2cccc(F)c2)cn1.Cl. The first-order chi connectivity index (χ1) is 12.2. The van der Waals surface area contributed by atoms with E-state index in [1.165, 1.54) is 34.6 Å². The fourth-order valence-corrected chi connectivity index (χ4v) is 4.96. The van der Waals surface area contributed by atoms with Crippen molar-refractivity contribution in [1.29, 1.82) is 0 Å². The molecule has 1 atom stereocenters. The zero-order valence-electron chi connectivity index (χ0n) is 14.4. The van der Waals surface area contributed by atoms with Crippen LogP contribution in [0.4, 0.5) is 4.39 Å². The Morgan fingerprint density at radius 1 is 1.19 bits per heavy atom. The third-order valence-electron chi connectivity index (χ3n) is 4.12. The van der Waals surface area contributed by atoms with E-state index in [1.54, 1.807) is 6.07 Å². The average molecular weight is 436 g/mol. The molecule has 3 rings (SSSR count). The minimum Gasteiger partial charge on any atom is -0.313 e. The van der Waals surface area contributed by atoms with E-state index in [1.807, 2.05) is 0 Å². The van der Waals surface area contributed by atoms with Crippen LogP contribution >= 0.6 is 12.4 Å². The lowest BCUT2D eigenvalue weighted by atomic mass is 10.1. The molecule has 0 saturated carbocycles. The summed E-state index contributed by atoms with van der Waals surface area (Å²) >= 11 is 0. The largest absolute Gasteiger partial charge is 0.313 e. The lowest BCUT2D eigenvalue weighted by Gasteiger charge is -2.35. The van der Waals surface area contributed by atoms with Crippen molar-refractivity contribution in [1.82, 2.24) is 14.6 Å². The van der Waals surface area contributed by atoms with Gasteiger partial charge in [-0.25, -0.2) is 26.2 Å². The second-order valence-electron chi connectivity index (χ2n) is 5.99. The smallest absolute Gasteiger partial charge is 0.245 e. The van der Waals surface area contributed by atoms with E-state index in [2.05, 4.69) is 10.3 Å². The Labute approximate surface area is 164 Å². The number of pyridine rings is 1. The van der Waals surface area contributed by atoms with Gasteiger partial charge in [-0.2, -0.15) is 4.31 Å². The van der Waals surface area contributed by atoms with Crippen LogP contribution in [0.15, 0.2) is 52.5 Å². The maximum absolute atomic E-state index is 13.6. The number of sulfone groups is 1. The summed E-state index contributed by atoms with van der Waals surface area (Å²) in [5.41, 5.74) is 0.543. The predicted molar refractivity (Wildman–Crippen MR) is 100 cm³/mol. The number of nitrogens with zero attached hydrogens (tertiary/aromatic N) is 2. The third kappa shape index (κ3) is 4.64. The molecule has 0 spiro atoms. The van der Waals surface area contributed by atoms with Gasteiger partial charge in [0.15, 0.2) is 14.9 Å². The zero-order chi connectivity index (χ0) is 18.9. The molecule has 1 unspecified atom stereocenters. The Hall–Kier alpha value is -1.59. The van der Waals surface area contributed by atoms with Crippen molar-refractivity contribution in [3.8, 4) is 0 Å². The minimum atomic E-state index is -3.92. The molecule has 0 bridgehead atoms. The second-order valence-corrected chi connectivity index (χ2v) is 9.85. The second kappa shape index (κ2) is 8.19. The Kier molecular flexibility index (Phi) is 6.59. The number of halogens is 2. The Balaban J connectivity index is 0.00000261. The topological polar surface area (TPSA) is 96.4 Å². The van der Waals surface area contributed by atoms with Gasteiger partial charge in [-0.3, -0.25) is 0 Å². The number of hydrogen-bond acceptors (Lipinski definition) is 6. The van der Waals surface area contributed by atoms with Gasteiger partial charge in [-0.15, -0.1) is 12.4 Å². The van der Waals surface area contributed by atoms with E-state index >= 15 is 0 Å². The molecule has 1 aromatic carbocycles. The van der Waals surface area contributed by atoms with Gasteiger partial charge in [0.05, 0.1) is 6.04 Å². The number of aromatic nitrogens is 1. The van der Waals surface area contributed by atoms with Crippen LogP contribution in [0.2, 0.25) is 0 Å². The molecule has 1 aliphatic rings. The lowest BCUT2D eigenvalue weighted by Crippen LogP contribution is -2.48. The molecular weight excluding hydrogens is 417 g/mol.